The Morgan fingerprint density at radius 3 is 2.18 bits per heavy atom. The first-order valence-electron chi connectivity index (χ1n) is 6.86. The molecule has 22 heavy (non-hydrogen) atoms. The zero-order chi connectivity index (χ0) is 15.9. The van der Waals surface area contributed by atoms with Crippen molar-refractivity contribution >= 4 is 18.1 Å². The fourth-order valence-corrected chi connectivity index (χ4v) is 1.83. The number of aryl methyl sites for hydroxylation is 1. The molecule has 0 heterocycles. The molecule has 2 aromatic carbocycles. The summed E-state index contributed by atoms with van der Waals surface area (Å²) in [6, 6.07) is 13.5. The SMILES string of the molecule is CCc1ccc(C(=O)N/N=C\c2ccc(C(=O)O)cc2)cc1. The van der Waals surface area contributed by atoms with Crippen LogP contribution in [0, 0.1) is 0 Å². The van der Waals surface area contributed by atoms with Crippen molar-refractivity contribution in [3.8, 4) is 0 Å². The van der Waals surface area contributed by atoms with Crippen LogP contribution in [0.3, 0.4) is 0 Å². The van der Waals surface area contributed by atoms with E-state index in [1.54, 1.807) is 24.3 Å². The number of hydrazone groups is 1. The minimum absolute atomic E-state index is 0.206. The number of amides is 1. The Kier molecular flexibility index (Phi) is 5.03. The van der Waals surface area contributed by atoms with Crippen LogP contribution in [0.25, 0.3) is 0 Å². The minimum Gasteiger partial charge on any atom is -0.478 e. The molecule has 2 aromatic rings. The number of rotatable bonds is 5. The highest BCUT2D eigenvalue weighted by Gasteiger charge is 2.03. The zero-order valence-electron chi connectivity index (χ0n) is 12.1. The summed E-state index contributed by atoms with van der Waals surface area (Å²) in [5.41, 5.74) is 5.05. The van der Waals surface area contributed by atoms with E-state index in [1.807, 2.05) is 12.1 Å². The summed E-state index contributed by atoms with van der Waals surface area (Å²) in [6.45, 7) is 2.05. The summed E-state index contributed by atoms with van der Waals surface area (Å²) < 4.78 is 0. The standard InChI is InChI=1S/C17H16N2O3/c1-2-12-3-7-14(8-4-12)16(20)19-18-11-13-5-9-15(10-6-13)17(21)22/h3-11H,2H2,1H3,(H,19,20)(H,21,22)/b18-11-. The fourth-order valence-electron chi connectivity index (χ4n) is 1.83. The number of carboxylic acid groups (broad SMARTS) is 1. The summed E-state index contributed by atoms with van der Waals surface area (Å²) in [5.74, 6) is -1.27. The molecule has 0 atom stereocenters. The van der Waals surface area contributed by atoms with Gasteiger partial charge in [-0.2, -0.15) is 5.10 Å². The van der Waals surface area contributed by atoms with Crippen LogP contribution in [0.5, 0.6) is 0 Å². The van der Waals surface area contributed by atoms with E-state index in [1.165, 1.54) is 23.9 Å². The summed E-state index contributed by atoms with van der Waals surface area (Å²) in [4.78, 5) is 22.6. The smallest absolute Gasteiger partial charge is 0.335 e. The molecule has 0 aromatic heterocycles. The Morgan fingerprint density at radius 2 is 1.64 bits per heavy atom. The Bertz CT molecular complexity index is 689. The number of aromatic carboxylic acids is 1. The molecule has 0 aliphatic heterocycles. The maximum Gasteiger partial charge on any atom is 0.335 e. The van der Waals surface area contributed by atoms with E-state index in [4.69, 9.17) is 5.11 Å². The molecule has 0 bridgehead atoms. The molecule has 0 saturated carbocycles. The number of carbonyl (C=O) groups excluding carboxylic acids is 1. The monoisotopic (exact) mass is 296 g/mol. The summed E-state index contributed by atoms with van der Waals surface area (Å²) in [5, 5.41) is 12.7. The van der Waals surface area contributed by atoms with Gasteiger partial charge in [0, 0.05) is 5.56 Å². The van der Waals surface area contributed by atoms with Gasteiger partial charge in [0.05, 0.1) is 11.8 Å². The molecule has 0 fully saturated rings. The Morgan fingerprint density at radius 1 is 1.05 bits per heavy atom. The lowest BCUT2D eigenvalue weighted by atomic mass is 10.1. The lowest BCUT2D eigenvalue weighted by Crippen LogP contribution is -2.17. The maximum atomic E-state index is 11.9. The molecule has 0 aliphatic carbocycles. The van der Waals surface area contributed by atoms with Gasteiger partial charge >= 0.3 is 5.97 Å². The van der Waals surface area contributed by atoms with E-state index in [-0.39, 0.29) is 11.5 Å². The van der Waals surface area contributed by atoms with Gasteiger partial charge in [-0.1, -0.05) is 31.2 Å². The summed E-state index contributed by atoms with van der Waals surface area (Å²) in [6.07, 6.45) is 2.39. The van der Waals surface area contributed by atoms with Crippen LogP contribution in [0.15, 0.2) is 53.6 Å². The van der Waals surface area contributed by atoms with Crippen molar-refractivity contribution in [3.63, 3.8) is 0 Å². The molecule has 112 valence electrons. The lowest BCUT2D eigenvalue weighted by molar-refractivity contribution is 0.0696. The van der Waals surface area contributed by atoms with Crippen molar-refractivity contribution in [2.75, 3.05) is 0 Å². The van der Waals surface area contributed by atoms with Crippen molar-refractivity contribution < 1.29 is 14.7 Å². The molecular formula is C17H16N2O3. The third kappa shape index (κ3) is 4.02. The van der Waals surface area contributed by atoms with Crippen molar-refractivity contribution in [1.29, 1.82) is 0 Å². The average molecular weight is 296 g/mol. The maximum absolute atomic E-state index is 11.9. The van der Waals surface area contributed by atoms with Crippen LogP contribution in [0.1, 0.15) is 38.8 Å². The quantitative estimate of drug-likeness (QED) is 0.657. The third-order valence-corrected chi connectivity index (χ3v) is 3.16. The molecule has 2 rings (SSSR count). The van der Waals surface area contributed by atoms with E-state index >= 15 is 0 Å². The van der Waals surface area contributed by atoms with Crippen LogP contribution in [0.4, 0.5) is 0 Å². The molecule has 5 nitrogen and oxygen atoms in total. The average Bonchev–Trinajstić information content (AvgIpc) is 2.55. The van der Waals surface area contributed by atoms with E-state index in [2.05, 4.69) is 17.5 Å². The number of carboxylic acids is 1. The number of carbonyl (C=O) groups is 2. The molecular weight excluding hydrogens is 280 g/mol. The first-order valence-corrected chi connectivity index (χ1v) is 6.86. The lowest BCUT2D eigenvalue weighted by Gasteiger charge is -2.01. The topological polar surface area (TPSA) is 78.8 Å². The molecule has 2 N–H and O–H groups in total. The van der Waals surface area contributed by atoms with Crippen molar-refractivity contribution in [3.05, 3.63) is 70.8 Å². The van der Waals surface area contributed by atoms with Gasteiger partial charge in [-0.25, -0.2) is 10.2 Å². The Labute approximate surface area is 128 Å². The van der Waals surface area contributed by atoms with Gasteiger partial charge in [0.15, 0.2) is 0 Å². The predicted octanol–water partition coefficient (Wildman–Crippen LogP) is 2.71. The summed E-state index contributed by atoms with van der Waals surface area (Å²) in [7, 11) is 0. The van der Waals surface area contributed by atoms with Crippen molar-refractivity contribution in [2.45, 2.75) is 13.3 Å². The van der Waals surface area contributed by atoms with Crippen molar-refractivity contribution in [1.82, 2.24) is 5.43 Å². The number of benzene rings is 2. The summed E-state index contributed by atoms with van der Waals surface area (Å²) >= 11 is 0. The van der Waals surface area contributed by atoms with Crippen LogP contribution >= 0.6 is 0 Å². The second-order valence-corrected chi connectivity index (χ2v) is 4.68. The molecule has 0 unspecified atom stereocenters. The van der Waals surface area contributed by atoms with Gasteiger partial charge in [-0.3, -0.25) is 4.79 Å². The molecule has 1 amide bonds. The number of nitrogens with one attached hydrogen (secondary N) is 1. The highest BCUT2D eigenvalue weighted by Crippen LogP contribution is 2.05. The number of hydrogen-bond acceptors (Lipinski definition) is 3. The fraction of sp³-hybridized carbons (Fsp3) is 0.118. The van der Waals surface area contributed by atoms with Gasteiger partial charge in [0.25, 0.3) is 5.91 Å². The van der Waals surface area contributed by atoms with Gasteiger partial charge in [0.1, 0.15) is 0 Å². The number of nitrogens with zero attached hydrogens (tertiary/aromatic N) is 1. The first-order chi connectivity index (χ1) is 10.6. The van der Waals surface area contributed by atoms with Gasteiger partial charge < -0.3 is 5.11 Å². The molecule has 0 saturated heterocycles. The second-order valence-electron chi connectivity index (χ2n) is 4.68. The highest BCUT2D eigenvalue weighted by atomic mass is 16.4. The van der Waals surface area contributed by atoms with E-state index in [0.29, 0.717) is 11.1 Å². The van der Waals surface area contributed by atoms with Gasteiger partial charge in [-0.15, -0.1) is 0 Å². The van der Waals surface area contributed by atoms with Crippen LogP contribution < -0.4 is 5.43 Å². The molecule has 5 heteroatoms. The molecule has 0 radical (unpaired) electrons. The van der Waals surface area contributed by atoms with Crippen LogP contribution in [-0.2, 0) is 6.42 Å². The predicted molar refractivity (Wildman–Crippen MR) is 84.3 cm³/mol. The first kappa shape index (κ1) is 15.4. The molecule has 0 aliphatic rings. The number of hydrogen-bond donors (Lipinski definition) is 2. The van der Waals surface area contributed by atoms with Crippen molar-refractivity contribution in [2.24, 2.45) is 5.10 Å². The normalized spacial score (nSPS) is 10.6. The third-order valence-electron chi connectivity index (χ3n) is 3.16. The van der Waals surface area contributed by atoms with E-state index in [0.717, 1.165) is 6.42 Å². The van der Waals surface area contributed by atoms with E-state index in [9.17, 15) is 9.59 Å². The Balaban J connectivity index is 1.96. The zero-order valence-corrected chi connectivity index (χ0v) is 12.1. The molecule has 0 spiro atoms. The van der Waals surface area contributed by atoms with Crippen LogP contribution in [-0.4, -0.2) is 23.2 Å². The van der Waals surface area contributed by atoms with E-state index < -0.39 is 5.97 Å². The Hall–Kier alpha value is -2.95. The van der Waals surface area contributed by atoms with Gasteiger partial charge in [0.2, 0.25) is 0 Å². The minimum atomic E-state index is -0.979. The van der Waals surface area contributed by atoms with Crippen LogP contribution in [0.2, 0.25) is 0 Å². The largest absolute Gasteiger partial charge is 0.478 e. The second kappa shape index (κ2) is 7.17. The highest BCUT2D eigenvalue weighted by molar-refractivity contribution is 5.95. The van der Waals surface area contributed by atoms with Gasteiger partial charge in [-0.05, 0) is 41.8 Å².